The number of aromatic nitrogens is 2. The number of hydrogen-bond acceptors (Lipinski definition) is 4. The highest BCUT2D eigenvalue weighted by Gasteiger charge is 2.34. The summed E-state index contributed by atoms with van der Waals surface area (Å²) >= 11 is 6.49. The minimum Gasteiger partial charge on any atom is -0.481 e. The van der Waals surface area contributed by atoms with Gasteiger partial charge in [-0.1, -0.05) is 28.9 Å². The minimum absolute atomic E-state index is 0.132. The van der Waals surface area contributed by atoms with Crippen LogP contribution in [0.3, 0.4) is 0 Å². The second-order valence-corrected chi connectivity index (χ2v) is 8.19. The van der Waals surface area contributed by atoms with E-state index in [9.17, 15) is 0 Å². The van der Waals surface area contributed by atoms with Crippen LogP contribution >= 0.6 is 11.6 Å². The maximum atomic E-state index is 6.49. The van der Waals surface area contributed by atoms with Crippen LogP contribution in [-0.2, 0) is 25.7 Å². The number of nitrogens with zero attached hydrogens (tertiary/aromatic N) is 2. The molecule has 1 atom stereocenters. The highest BCUT2D eigenvalue weighted by atomic mass is 35.5. The molecule has 0 fully saturated rings. The van der Waals surface area contributed by atoms with Crippen LogP contribution in [0, 0.1) is 0 Å². The van der Waals surface area contributed by atoms with Crippen molar-refractivity contribution in [2.24, 2.45) is 0 Å². The molecule has 4 nitrogen and oxygen atoms in total. The summed E-state index contributed by atoms with van der Waals surface area (Å²) in [7, 11) is 0. The van der Waals surface area contributed by atoms with Gasteiger partial charge in [0.25, 0.3) is 0 Å². The molecule has 3 aliphatic rings. The fourth-order valence-electron chi connectivity index (χ4n) is 4.73. The van der Waals surface area contributed by atoms with E-state index in [4.69, 9.17) is 20.9 Å². The zero-order valence-electron chi connectivity index (χ0n) is 15.4. The number of fused-ring (bicyclic) bond motifs is 3. The van der Waals surface area contributed by atoms with E-state index in [0.717, 1.165) is 75.9 Å². The Bertz CT molecular complexity index is 1130. The third-order valence-electron chi connectivity index (χ3n) is 6.04. The van der Waals surface area contributed by atoms with E-state index in [2.05, 4.69) is 22.3 Å². The molecular weight excluding hydrogens is 372 g/mol. The Morgan fingerprint density at radius 1 is 1.07 bits per heavy atom. The Hall–Kier alpha value is -2.59. The topological polar surface area (TPSA) is 48.2 Å². The van der Waals surface area contributed by atoms with Gasteiger partial charge in [-0.05, 0) is 49.4 Å². The lowest BCUT2D eigenvalue weighted by molar-refractivity contribution is 0.189. The van der Waals surface area contributed by atoms with Crippen molar-refractivity contribution in [3.63, 3.8) is 0 Å². The molecule has 5 heteroatoms. The number of allylic oxidation sites excluding steroid dienone is 1. The van der Waals surface area contributed by atoms with Gasteiger partial charge in [-0.15, -0.1) is 0 Å². The number of hydrogen-bond donors (Lipinski definition) is 0. The first-order chi connectivity index (χ1) is 13.8. The van der Waals surface area contributed by atoms with Crippen LogP contribution in [0.15, 0.2) is 35.0 Å². The van der Waals surface area contributed by atoms with Crippen molar-refractivity contribution in [2.75, 3.05) is 0 Å². The van der Waals surface area contributed by atoms with Crippen LogP contribution in [-0.4, -0.2) is 10.1 Å². The predicted octanol–water partition coefficient (Wildman–Crippen LogP) is 5.51. The number of rotatable bonds is 2. The molecule has 0 N–H and O–H groups in total. The van der Waals surface area contributed by atoms with Gasteiger partial charge in [0.2, 0.25) is 0 Å². The summed E-state index contributed by atoms with van der Waals surface area (Å²) in [6.07, 6.45) is 12.1. The fourth-order valence-corrected chi connectivity index (χ4v) is 4.97. The summed E-state index contributed by atoms with van der Waals surface area (Å²) in [6.45, 7) is 0. The highest BCUT2D eigenvalue weighted by molar-refractivity contribution is 6.31. The van der Waals surface area contributed by atoms with Crippen LogP contribution in [0.1, 0.15) is 52.8 Å². The van der Waals surface area contributed by atoms with Crippen molar-refractivity contribution in [3.05, 3.63) is 69.3 Å². The second kappa shape index (κ2) is 6.21. The Labute approximate surface area is 168 Å². The molecule has 0 radical (unpaired) electrons. The van der Waals surface area contributed by atoms with Crippen molar-refractivity contribution in [3.8, 4) is 16.9 Å². The predicted molar refractivity (Wildman–Crippen MR) is 108 cm³/mol. The molecule has 0 saturated carbocycles. The average molecular weight is 391 g/mol. The average Bonchev–Trinajstić information content (AvgIpc) is 3.43. The quantitative estimate of drug-likeness (QED) is 0.578. The van der Waals surface area contributed by atoms with Crippen molar-refractivity contribution in [2.45, 2.75) is 44.6 Å². The maximum absolute atomic E-state index is 6.49. The number of halogens is 1. The van der Waals surface area contributed by atoms with Crippen LogP contribution in [0.2, 0.25) is 5.02 Å². The van der Waals surface area contributed by atoms with E-state index in [1.54, 1.807) is 0 Å². The van der Waals surface area contributed by atoms with Crippen LogP contribution in [0.4, 0.5) is 0 Å². The molecule has 3 aromatic rings. The van der Waals surface area contributed by atoms with Gasteiger partial charge >= 0.3 is 0 Å². The molecule has 28 heavy (non-hydrogen) atoms. The van der Waals surface area contributed by atoms with E-state index < -0.39 is 0 Å². The van der Waals surface area contributed by atoms with Crippen molar-refractivity contribution >= 4 is 17.7 Å². The SMILES string of the molecule is Clc1cc2c(c(-c3ccnc4c3C=CC4)c1)OC(c1onc3c1CCCC3)C2. The molecule has 0 saturated heterocycles. The number of pyridine rings is 1. The molecule has 1 aliphatic heterocycles. The normalized spacial score (nSPS) is 19.2. The summed E-state index contributed by atoms with van der Waals surface area (Å²) in [5, 5.41) is 5.04. The Morgan fingerprint density at radius 3 is 2.96 bits per heavy atom. The lowest BCUT2D eigenvalue weighted by Gasteiger charge is -2.15. The summed E-state index contributed by atoms with van der Waals surface area (Å²) < 4.78 is 12.2. The summed E-state index contributed by atoms with van der Waals surface area (Å²) in [6, 6.07) is 6.06. The third-order valence-corrected chi connectivity index (χ3v) is 6.26. The molecule has 1 unspecified atom stereocenters. The molecular formula is C23H19ClN2O2. The first-order valence-electron chi connectivity index (χ1n) is 9.89. The van der Waals surface area contributed by atoms with Gasteiger partial charge in [0.15, 0.2) is 11.9 Å². The lowest BCUT2D eigenvalue weighted by atomic mass is 9.93. The van der Waals surface area contributed by atoms with E-state index in [1.807, 2.05) is 24.4 Å². The fraction of sp³-hybridized carbons (Fsp3) is 0.304. The molecule has 1 aromatic carbocycles. The van der Waals surface area contributed by atoms with Gasteiger partial charge < -0.3 is 9.26 Å². The lowest BCUT2D eigenvalue weighted by Crippen LogP contribution is -2.08. The molecule has 0 spiro atoms. The monoisotopic (exact) mass is 390 g/mol. The minimum atomic E-state index is -0.132. The van der Waals surface area contributed by atoms with Gasteiger partial charge in [-0.25, -0.2) is 0 Å². The maximum Gasteiger partial charge on any atom is 0.181 e. The molecule has 0 amide bonds. The Morgan fingerprint density at radius 2 is 2.00 bits per heavy atom. The van der Waals surface area contributed by atoms with Gasteiger partial charge in [0, 0.05) is 46.3 Å². The van der Waals surface area contributed by atoms with E-state index in [1.165, 1.54) is 18.4 Å². The summed E-state index contributed by atoms with van der Waals surface area (Å²) in [5.41, 5.74) is 7.91. The summed E-state index contributed by atoms with van der Waals surface area (Å²) in [4.78, 5) is 4.51. The zero-order chi connectivity index (χ0) is 18.7. The molecule has 2 aromatic heterocycles. The smallest absolute Gasteiger partial charge is 0.181 e. The van der Waals surface area contributed by atoms with Gasteiger partial charge in [0.05, 0.1) is 11.4 Å². The van der Waals surface area contributed by atoms with Crippen molar-refractivity contribution in [1.29, 1.82) is 0 Å². The van der Waals surface area contributed by atoms with Crippen LogP contribution < -0.4 is 4.74 Å². The van der Waals surface area contributed by atoms with E-state index in [0.29, 0.717) is 0 Å². The van der Waals surface area contributed by atoms with Crippen molar-refractivity contribution in [1.82, 2.24) is 10.1 Å². The first-order valence-corrected chi connectivity index (χ1v) is 10.3. The first kappa shape index (κ1) is 16.4. The van der Waals surface area contributed by atoms with E-state index in [-0.39, 0.29) is 6.10 Å². The summed E-state index contributed by atoms with van der Waals surface area (Å²) in [5.74, 6) is 1.80. The third kappa shape index (κ3) is 2.44. The Kier molecular flexibility index (Phi) is 3.63. The molecule has 3 heterocycles. The molecule has 140 valence electrons. The zero-order valence-corrected chi connectivity index (χ0v) is 16.1. The van der Waals surface area contributed by atoms with E-state index >= 15 is 0 Å². The molecule has 0 bridgehead atoms. The second-order valence-electron chi connectivity index (χ2n) is 7.76. The molecule has 6 rings (SSSR count). The van der Waals surface area contributed by atoms with Gasteiger partial charge in [-0.2, -0.15) is 0 Å². The van der Waals surface area contributed by atoms with Crippen LogP contribution in [0.5, 0.6) is 5.75 Å². The van der Waals surface area contributed by atoms with Gasteiger partial charge in [0.1, 0.15) is 5.75 Å². The highest BCUT2D eigenvalue weighted by Crippen LogP contribution is 2.47. The number of aryl methyl sites for hydroxylation is 1. The van der Waals surface area contributed by atoms with Crippen molar-refractivity contribution < 1.29 is 9.26 Å². The van der Waals surface area contributed by atoms with Gasteiger partial charge in [-0.3, -0.25) is 4.98 Å². The largest absolute Gasteiger partial charge is 0.481 e. The number of ether oxygens (including phenoxy) is 1. The Balaban J connectivity index is 1.44. The number of benzene rings is 1. The van der Waals surface area contributed by atoms with Crippen LogP contribution in [0.25, 0.3) is 17.2 Å². The molecule has 2 aliphatic carbocycles. The standard InChI is InChI=1S/C23H19ClN2O2/c24-14-10-13-11-21(23-17-4-1-2-6-20(17)26-28-23)27-22(13)18(12-14)15-8-9-25-19-7-3-5-16(15)19/h3,5,8-10,12,21H,1-2,4,6-7,11H2.